The van der Waals surface area contributed by atoms with Crippen LogP contribution >= 0.6 is 0 Å². The van der Waals surface area contributed by atoms with Gasteiger partial charge in [0.05, 0.1) is 12.6 Å². The van der Waals surface area contributed by atoms with E-state index in [9.17, 15) is 9.90 Å². The lowest BCUT2D eigenvalue weighted by Crippen LogP contribution is -2.27. The Labute approximate surface area is 116 Å². The molecule has 2 aromatic rings. The van der Waals surface area contributed by atoms with Gasteiger partial charge in [0, 0.05) is 18.2 Å². The molecule has 3 heterocycles. The number of aromatic carboxylic acids is 1. The summed E-state index contributed by atoms with van der Waals surface area (Å²) in [5.41, 5.74) is 0.683. The number of carbonyl (C=O) groups is 1. The average Bonchev–Trinajstić information content (AvgIpc) is 2.87. The van der Waals surface area contributed by atoms with E-state index >= 15 is 0 Å². The summed E-state index contributed by atoms with van der Waals surface area (Å²) in [5.74, 6) is 0.763. The highest BCUT2D eigenvalue weighted by Gasteiger charge is 2.24. The molecule has 0 spiro atoms. The van der Waals surface area contributed by atoms with E-state index < -0.39 is 5.97 Å². The minimum absolute atomic E-state index is 0.0948. The molecule has 20 heavy (non-hydrogen) atoms. The molecule has 0 atom stereocenters. The highest BCUT2D eigenvalue weighted by Crippen LogP contribution is 2.28. The van der Waals surface area contributed by atoms with Crippen molar-refractivity contribution in [2.24, 2.45) is 0 Å². The summed E-state index contributed by atoms with van der Waals surface area (Å²) >= 11 is 0. The first-order chi connectivity index (χ1) is 9.70. The number of methoxy groups -OCH3 is 1. The van der Waals surface area contributed by atoms with Crippen LogP contribution in [0.3, 0.4) is 0 Å². The molecular weight excluding hydrogens is 258 g/mol. The Bertz CT molecular complexity index is 644. The zero-order valence-corrected chi connectivity index (χ0v) is 11.3. The van der Waals surface area contributed by atoms with Crippen LogP contribution in [0.2, 0.25) is 0 Å². The van der Waals surface area contributed by atoms with Crippen molar-refractivity contribution in [2.75, 3.05) is 20.2 Å². The minimum atomic E-state index is -1.00. The van der Waals surface area contributed by atoms with E-state index in [1.54, 1.807) is 13.2 Å². The van der Waals surface area contributed by atoms with E-state index in [-0.39, 0.29) is 5.69 Å². The molecule has 0 unspecified atom stereocenters. The smallest absolute Gasteiger partial charge is 0.356 e. The molecule has 1 aliphatic heterocycles. The van der Waals surface area contributed by atoms with Crippen molar-refractivity contribution in [3.63, 3.8) is 0 Å². The molecule has 0 bridgehead atoms. The molecule has 1 saturated heterocycles. The first-order valence-electron chi connectivity index (χ1n) is 6.70. The van der Waals surface area contributed by atoms with Gasteiger partial charge in [-0.25, -0.2) is 9.78 Å². The Morgan fingerprint density at radius 2 is 2.25 bits per heavy atom. The summed E-state index contributed by atoms with van der Waals surface area (Å²) in [4.78, 5) is 15.7. The predicted molar refractivity (Wildman–Crippen MR) is 73.5 cm³/mol. The second kappa shape index (κ2) is 5.13. The lowest BCUT2D eigenvalue weighted by Gasteiger charge is -2.21. The van der Waals surface area contributed by atoms with Gasteiger partial charge in [0.25, 0.3) is 0 Å². The number of ether oxygens (including phenoxy) is 1. The molecule has 0 aliphatic carbocycles. The van der Waals surface area contributed by atoms with Crippen LogP contribution in [0.4, 0.5) is 0 Å². The number of imidazole rings is 1. The lowest BCUT2D eigenvalue weighted by molar-refractivity contribution is 0.0693. The fourth-order valence-corrected chi connectivity index (χ4v) is 2.74. The van der Waals surface area contributed by atoms with Crippen LogP contribution in [0.5, 0.6) is 5.75 Å². The summed E-state index contributed by atoms with van der Waals surface area (Å²) in [5, 5.41) is 12.6. The quantitative estimate of drug-likeness (QED) is 0.888. The molecule has 3 rings (SSSR count). The van der Waals surface area contributed by atoms with Crippen LogP contribution in [0.25, 0.3) is 5.52 Å². The SMILES string of the molecule is COc1ccn2c(C3CCNCC3)nc(C(=O)O)c2c1. The van der Waals surface area contributed by atoms with Crippen molar-refractivity contribution < 1.29 is 14.6 Å². The zero-order chi connectivity index (χ0) is 14.1. The second-order valence-corrected chi connectivity index (χ2v) is 4.97. The molecule has 0 saturated carbocycles. The number of aromatic nitrogens is 2. The molecule has 1 aliphatic rings. The number of piperidine rings is 1. The van der Waals surface area contributed by atoms with Gasteiger partial charge >= 0.3 is 5.97 Å². The molecule has 6 nitrogen and oxygen atoms in total. The van der Waals surface area contributed by atoms with Crippen LogP contribution < -0.4 is 10.1 Å². The zero-order valence-electron chi connectivity index (χ0n) is 11.3. The Morgan fingerprint density at radius 3 is 2.90 bits per heavy atom. The summed E-state index contributed by atoms with van der Waals surface area (Å²) in [6.45, 7) is 1.89. The number of carboxylic acid groups (broad SMARTS) is 1. The van der Waals surface area contributed by atoms with Gasteiger partial charge in [-0.1, -0.05) is 0 Å². The van der Waals surface area contributed by atoms with Crippen molar-refractivity contribution in [3.8, 4) is 5.75 Å². The number of nitrogens with one attached hydrogen (secondary N) is 1. The molecule has 2 N–H and O–H groups in total. The summed E-state index contributed by atoms with van der Waals surface area (Å²) in [6.07, 6.45) is 3.79. The van der Waals surface area contributed by atoms with E-state index in [0.717, 1.165) is 31.8 Å². The number of hydrogen-bond donors (Lipinski definition) is 2. The predicted octanol–water partition coefficient (Wildman–Crippen LogP) is 1.51. The largest absolute Gasteiger partial charge is 0.497 e. The van der Waals surface area contributed by atoms with Crippen LogP contribution in [0.15, 0.2) is 18.3 Å². The summed E-state index contributed by atoms with van der Waals surface area (Å²) in [6, 6.07) is 3.55. The number of hydrogen-bond acceptors (Lipinski definition) is 4. The van der Waals surface area contributed by atoms with Gasteiger partial charge in [0.1, 0.15) is 11.6 Å². The molecule has 1 fully saturated rings. The van der Waals surface area contributed by atoms with Crippen LogP contribution in [-0.4, -0.2) is 40.7 Å². The Morgan fingerprint density at radius 1 is 1.50 bits per heavy atom. The van der Waals surface area contributed by atoms with Crippen molar-refractivity contribution in [2.45, 2.75) is 18.8 Å². The van der Waals surface area contributed by atoms with Gasteiger partial charge in [-0.15, -0.1) is 0 Å². The number of carboxylic acids is 1. The van der Waals surface area contributed by atoms with Crippen molar-refractivity contribution in [1.29, 1.82) is 0 Å². The molecule has 6 heteroatoms. The monoisotopic (exact) mass is 275 g/mol. The van der Waals surface area contributed by atoms with Gasteiger partial charge in [-0.3, -0.25) is 0 Å². The van der Waals surface area contributed by atoms with Crippen LogP contribution in [0.1, 0.15) is 35.1 Å². The number of fused-ring (bicyclic) bond motifs is 1. The Kier molecular flexibility index (Phi) is 3.31. The van der Waals surface area contributed by atoms with Gasteiger partial charge < -0.3 is 19.6 Å². The van der Waals surface area contributed by atoms with Crippen LogP contribution in [0, 0.1) is 0 Å². The van der Waals surface area contributed by atoms with E-state index in [4.69, 9.17) is 4.74 Å². The minimum Gasteiger partial charge on any atom is -0.497 e. The normalized spacial score (nSPS) is 16.4. The van der Waals surface area contributed by atoms with Crippen molar-refractivity contribution in [3.05, 3.63) is 29.8 Å². The molecule has 0 amide bonds. The van der Waals surface area contributed by atoms with Gasteiger partial charge in [0.2, 0.25) is 0 Å². The first kappa shape index (κ1) is 12.9. The third-order valence-corrected chi connectivity index (χ3v) is 3.78. The number of rotatable bonds is 3. The highest BCUT2D eigenvalue weighted by atomic mass is 16.5. The molecule has 0 radical (unpaired) electrons. The van der Waals surface area contributed by atoms with Crippen molar-refractivity contribution in [1.82, 2.24) is 14.7 Å². The molecule has 0 aromatic carbocycles. The third-order valence-electron chi connectivity index (χ3n) is 3.78. The van der Waals surface area contributed by atoms with Crippen LogP contribution in [-0.2, 0) is 0 Å². The second-order valence-electron chi connectivity index (χ2n) is 4.97. The fourth-order valence-electron chi connectivity index (χ4n) is 2.74. The van der Waals surface area contributed by atoms with Gasteiger partial charge in [0.15, 0.2) is 5.69 Å². The highest BCUT2D eigenvalue weighted by molar-refractivity contribution is 5.94. The van der Waals surface area contributed by atoms with E-state index in [1.807, 2.05) is 16.7 Å². The van der Waals surface area contributed by atoms with Crippen molar-refractivity contribution >= 4 is 11.5 Å². The third kappa shape index (κ3) is 2.12. The fraction of sp³-hybridized carbons (Fsp3) is 0.429. The maximum Gasteiger partial charge on any atom is 0.356 e. The van der Waals surface area contributed by atoms with Gasteiger partial charge in [-0.05, 0) is 32.0 Å². The molecule has 106 valence electrons. The molecular formula is C14H17N3O3. The average molecular weight is 275 g/mol. The topological polar surface area (TPSA) is 75.9 Å². The summed E-state index contributed by atoms with van der Waals surface area (Å²) < 4.78 is 7.04. The van der Waals surface area contributed by atoms with E-state index in [1.165, 1.54) is 0 Å². The molecule has 2 aromatic heterocycles. The van der Waals surface area contributed by atoms with Gasteiger partial charge in [-0.2, -0.15) is 0 Å². The number of nitrogens with zero attached hydrogens (tertiary/aromatic N) is 2. The maximum absolute atomic E-state index is 11.4. The Hall–Kier alpha value is -2.08. The standard InChI is InChI=1S/C14H17N3O3/c1-20-10-4-7-17-11(8-10)12(14(18)19)16-13(17)9-2-5-15-6-3-9/h4,7-9,15H,2-3,5-6H2,1H3,(H,18,19). The Balaban J connectivity index is 2.14. The lowest BCUT2D eigenvalue weighted by atomic mass is 9.97. The first-order valence-corrected chi connectivity index (χ1v) is 6.70. The number of pyridine rings is 1. The van der Waals surface area contributed by atoms with E-state index in [2.05, 4.69) is 10.3 Å². The summed E-state index contributed by atoms with van der Waals surface area (Å²) in [7, 11) is 1.57. The van der Waals surface area contributed by atoms with E-state index in [0.29, 0.717) is 17.2 Å². The maximum atomic E-state index is 11.4.